The molecule has 2 heterocycles. The first kappa shape index (κ1) is 18.4. The van der Waals surface area contributed by atoms with Gasteiger partial charge in [-0.2, -0.15) is 0 Å². The van der Waals surface area contributed by atoms with Gasteiger partial charge in [0.05, 0.1) is 4.34 Å². The van der Waals surface area contributed by atoms with E-state index < -0.39 is 10.0 Å². The Balaban J connectivity index is 1.51. The second kappa shape index (κ2) is 7.86. The third kappa shape index (κ3) is 4.82. The molecule has 1 amide bonds. The Kier molecular flexibility index (Phi) is 5.78. The summed E-state index contributed by atoms with van der Waals surface area (Å²) in [4.78, 5) is 14.0. The zero-order valence-corrected chi connectivity index (χ0v) is 15.9. The van der Waals surface area contributed by atoms with E-state index in [1.807, 2.05) is 35.2 Å². The highest BCUT2D eigenvalue weighted by molar-refractivity contribution is 7.91. The monoisotopic (exact) mass is 398 g/mol. The second-order valence-electron chi connectivity index (χ2n) is 6.06. The van der Waals surface area contributed by atoms with Gasteiger partial charge in [-0.25, -0.2) is 13.1 Å². The molecule has 1 atom stereocenters. The Morgan fingerprint density at radius 2 is 1.96 bits per heavy atom. The molecular weight excluding hydrogens is 380 g/mol. The molecule has 1 aliphatic rings. The molecule has 0 saturated carbocycles. The van der Waals surface area contributed by atoms with Gasteiger partial charge < -0.3 is 4.90 Å². The minimum Gasteiger partial charge on any atom is -0.342 e. The first-order valence-electron chi connectivity index (χ1n) is 8.01. The van der Waals surface area contributed by atoms with Gasteiger partial charge in [-0.1, -0.05) is 41.9 Å². The predicted octanol–water partition coefficient (Wildman–Crippen LogP) is 2.77. The van der Waals surface area contributed by atoms with Crippen molar-refractivity contribution in [3.05, 3.63) is 52.4 Å². The molecule has 0 radical (unpaired) electrons. The number of hydrogen-bond acceptors (Lipinski definition) is 4. The third-order valence-electron chi connectivity index (χ3n) is 4.18. The Morgan fingerprint density at radius 1 is 1.20 bits per heavy atom. The molecule has 5 nitrogen and oxygen atoms in total. The Morgan fingerprint density at radius 3 is 2.64 bits per heavy atom. The predicted molar refractivity (Wildman–Crippen MR) is 99.4 cm³/mol. The van der Waals surface area contributed by atoms with Crippen LogP contribution in [0.5, 0.6) is 0 Å². The number of carbonyl (C=O) groups excluding carboxylic acids is 1. The molecular formula is C17H19ClN2O3S2. The van der Waals surface area contributed by atoms with E-state index in [4.69, 9.17) is 11.6 Å². The van der Waals surface area contributed by atoms with Gasteiger partial charge in [0.15, 0.2) is 0 Å². The zero-order valence-electron chi connectivity index (χ0n) is 13.5. The summed E-state index contributed by atoms with van der Waals surface area (Å²) in [6.07, 6.45) is 1.18. The molecule has 25 heavy (non-hydrogen) atoms. The van der Waals surface area contributed by atoms with Crippen LogP contribution in [0.25, 0.3) is 0 Å². The molecule has 2 aromatic rings. The fourth-order valence-corrected chi connectivity index (χ4v) is 5.50. The van der Waals surface area contributed by atoms with Crippen LogP contribution in [-0.2, 0) is 21.2 Å². The summed E-state index contributed by atoms with van der Waals surface area (Å²) in [5.41, 5.74) is 1.19. The van der Waals surface area contributed by atoms with E-state index in [0.29, 0.717) is 23.8 Å². The minimum atomic E-state index is -3.56. The molecule has 1 aromatic heterocycles. The van der Waals surface area contributed by atoms with E-state index in [-0.39, 0.29) is 22.6 Å². The van der Waals surface area contributed by atoms with E-state index in [1.165, 1.54) is 11.6 Å². The number of likely N-dealkylation sites (tertiary alicyclic amines) is 1. The van der Waals surface area contributed by atoms with Gasteiger partial charge in [0.25, 0.3) is 0 Å². The van der Waals surface area contributed by atoms with Crippen molar-refractivity contribution >= 4 is 38.9 Å². The third-order valence-corrected chi connectivity index (χ3v) is 7.33. The van der Waals surface area contributed by atoms with Crippen LogP contribution in [0.15, 0.2) is 46.7 Å². The maximum atomic E-state index is 12.2. The highest BCUT2D eigenvalue weighted by atomic mass is 35.5. The van der Waals surface area contributed by atoms with Crippen molar-refractivity contribution < 1.29 is 13.2 Å². The van der Waals surface area contributed by atoms with Crippen molar-refractivity contribution in [3.63, 3.8) is 0 Å². The van der Waals surface area contributed by atoms with Gasteiger partial charge in [0.2, 0.25) is 15.9 Å². The summed E-state index contributed by atoms with van der Waals surface area (Å²) in [6, 6.07) is 13.1. The van der Waals surface area contributed by atoms with Crippen molar-refractivity contribution in [2.24, 2.45) is 5.92 Å². The lowest BCUT2D eigenvalue weighted by Gasteiger charge is -2.16. The summed E-state index contributed by atoms with van der Waals surface area (Å²) in [5.74, 6) is 0.0766. The number of thiophene rings is 1. The highest BCUT2D eigenvalue weighted by Gasteiger charge is 2.30. The average molecular weight is 399 g/mol. The number of nitrogens with one attached hydrogen (secondary N) is 1. The summed E-state index contributed by atoms with van der Waals surface area (Å²) in [6.45, 7) is 1.50. The van der Waals surface area contributed by atoms with Gasteiger partial charge >= 0.3 is 0 Å². The van der Waals surface area contributed by atoms with Crippen molar-refractivity contribution in [2.45, 2.75) is 17.1 Å². The smallest absolute Gasteiger partial charge is 0.250 e. The van der Waals surface area contributed by atoms with Crippen molar-refractivity contribution in [3.8, 4) is 0 Å². The number of carbonyl (C=O) groups is 1. The summed E-state index contributed by atoms with van der Waals surface area (Å²) >= 11 is 6.81. The molecule has 134 valence electrons. The van der Waals surface area contributed by atoms with Gasteiger partial charge in [-0.15, -0.1) is 11.3 Å². The number of benzene rings is 1. The Hall–Kier alpha value is -1.41. The molecule has 1 unspecified atom stereocenters. The largest absolute Gasteiger partial charge is 0.342 e. The van der Waals surface area contributed by atoms with E-state index in [0.717, 1.165) is 17.8 Å². The summed E-state index contributed by atoms with van der Waals surface area (Å²) in [5, 5.41) is 0. The molecule has 0 bridgehead atoms. The number of hydrogen-bond donors (Lipinski definition) is 1. The van der Waals surface area contributed by atoms with Crippen molar-refractivity contribution in [1.82, 2.24) is 9.62 Å². The molecule has 1 aliphatic heterocycles. The van der Waals surface area contributed by atoms with Gasteiger partial charge in [-0.3, -0.25) is 4.79 Å². The number of nitrogens with zero attached hydrogens (tertiary/aromatic N) is 1. The van der Waals surface area contributed by atoms with E-state index >= 15 is 0 Å². The average Bonchev–Trinajstić information content (AvgIpc) is 3.18. The molecule has 3 rings (SSSR count). The van der Waals surface area contributed by atoms with Crippen molar-refractivity contribution in [2.75, 3.05) is 19.6 Å². The number of rotatable bonds is 7. The molecule has 0 spiro atoms. The molecule has 8 heteroatoms. The van der Waals surface area contributed by atoms with Crippen molar-refractivity contribution in [1.29, 1.82) is 0 Å². The molecule has 1 saturated heterocycles. The van der Waals surface area contributed by atoms with Gasteiger partial charge in [-0.05, 0) is 30.0 Å². The first-order valence-corrected chi connectivity index (χ1v) is 10.7. The highest BCUT2D eigenvalue weighted by Crippen LogP contribution is 2.26. The van der Waals surface area contributed by atoms with Gasteiger partial charge in [0.1, 0.15) is 4.21 Å². The lowest BCUT2D eigenvalue weighted by atomic mass is 10.1. The number of amides is 1. The van der Waals surface area contributed by atoms with Gasteiger partial charge in [0, 0.05) is 26.1 Å². The van der Waals surface area contributed by atoms with Crippen LogP contribution in [0.1, 0.15) is 12.0 Å². The summed E-state index contributed by atoms with van der Waals surface area (Å²) in [7, 11) is -3.56. The van der Waals surface area contributed by atoms with Crippen LogP contribution in [-0.4, -0.2) is 38.9 Å². The Bertz CT molecular complexity index is 837. The van der Waals surface area contributed by atoms with Crippen LogP contribution >= 0.6 is 22.9 Å². The lowest BCUT2D eigenvalue weighted by molar-refractivity contribution is -0.127. The van der Waals surface area contributed by atoms with Crippen LogP contribution < -0.4 is 4.72 Å². The molecule has 1 N–H and O–H groups in total. The second-order valence-corrected chi connectivity index (χ2v) is 9.76. The fraction of sp³-hybridized carbons (Fsp3) is 0.353. The van der Waals surface area contributed by atoms with Crippen LogP contribution in [0.2, 0.25) is 4.34 Å². The minimum absolute atomic E-state index is 0.00603. The number of halogens is 1. The van der Waals surface area contributed by atoms with Crippen LogP contribution in [0, 0.1) is 5.92 Å². The normalized spacial score (nSPS) is 18.0. The number of sulfonamides is 1. The maximum Gasteiger partial charge on any atom is 0.250 e. The standard InChI is InChI=1S/C17H19ClN2O3S2/c18-15-6-7-17(24-15)25(22,23)19-11-14-10-16(21)20(12-14)9-8-13-4-2-1-3-5-13/h1-7,14,19H,8-12H2. The molecule has 1 aromatic carbocycles. The van der Waals surface area contributed by atoms with Crippen LogP contribution in [0.3, 0.4) is 0 Å². The zero-order chi connectivity index (χ0) is 17.9. The maximum absolute atomic E-state index is 12.2. The quantitative estimate of drug-likeness (QED) is 0.779. The van der Waals surface area contributed by atoms with E-state index in [1.54, 1.807) is 6.07 Å². The van der Waals surface area contributed by atoms with Crippen LogP contribution in [0.4, 0.5) is 0 Å². The SMILES string of the molecule is O=C1CC(CNS(=O)(=O)c2ccc(Cl)s2)CN1CCc1ccccc1. The van der Waals surface area contributed by atoms with E-state index in [9.17, 15) is 13.2 Å². The first-order chi connectivity index (χ1) is 11.9. The lowest BCUT2D eigenvalue weighted by Crippen LogP contribution is -2.31. The fourth-order valence-electron chi connectivity index (χ4n) is 2.86. The molecule has 0 aliphatic carbocycles. The molecule has 1 fully saturated rings. The Labute approximate surface area is 156 Å². The topological polar surface area (TPSA) is 66.5 Å². The van der Waals surface area contributed by atoms with E-state index in [2.05, 4.69) is 4.72 Å². The summed E-state index contributed by atoms with van der Waals surface area (Å²) < 4.78 is 27.7.